The molecule has 8 heteroatoms. The minimum atomic E-state index is -1.18. The van der Waals surface area contributed by atoms with Crippen molar-refractivity contribution in [3.8, 4) is 5.75 Å². The van der Waals surface area contributed by atoms with E-state index in [4.69, 9.17) is 4.74 Å². The number of amides is 3. The number of imide groups is 1. The highest BCUT2D eigenvalue weighted by Crippen LogP contribution is 2.25. The van der Waals surface area contributed by atoms with Gasteiger partial charge in [0.1, 0.15) is 11.3 Å². The second-order valence-corrected chi connectivity index (χ2v) is 4.99. The van der Waals surface area contributed by atoms with Crippen molar-refractivity contribution < 1.29 is 24.2 Å². The molecule has 1 aromatic rings. The van der Waals surface area contributed by atoms with E-state index < -0.39 is 24.0 Å². The first-order valence-electron chi connectivity index (χ1n) is 7.65. The van der Waals surface area contributed by atoms with E-state index in [0.29, 0.717) is 0 Å². The minimum Gasteiger partial charge on any atom is -0.507 e. The number of nitrogens with zero attached hydrogens (tertiary/aromatic N) is 1. The summed E-state index contributed by atoms with van der Waals surface area (Å²) in [5.41, 5.74) is 0.727. The topological polar surface area (TPSA) is 108 Å². The minimum absolute atomic E-state index is 0.0505. The molecule has 0 radical (unpaired) electrons. The van der Waals surface area contributed by atoms with Gasteiger partial charge in [-0.15, -0.1) is 0 Å². The Hall–Kier alpha value is -2.77. The lowest BCUT2D eigenvalue weighted by Gasteiger charge is -2.21. The number of phenols is 1. The molecule has 1 atom stereocenters. The summed E-state index contributed by atoms with van der Waals surface area (Å²) < 4.78 is 4.97. The maximum Gasteiger partial charge on any atom is 0.342 e. The average molecular weight is 337 g/mol. The van der Waals surface area contributed by atoms with Crippen LogP contribution in [0.5, 0.6) is 5.75 Å². The lowest BCUT2D eigenvalue weighted by atomic mass is 10.1. The molecule has 0 aliphatic carbocycles. The summed E-state index contributed by atoms with van der Waals surface area (Å²) in [4.78, 5) is 36.8. The summed E-state index contributed by atoms with van der Waals surface area (Å²) in [5.74, 6) is -1.84. The van der Waals surface area contributed by atoms with Crippen LogP contribution in [0.25, 0.3) is 0 Å². The second kappa shape index (κ2) is 8.76. The van der Waals surface area contributed by atoms with E-state index in [0.717, 1.165) is 18.8 Å². The number of phenolic OH excluding ortho intramolecular Hbond substituents is 1. The van der Waals surface area contributed by atoms with E-state index >= 15 is 0 Å². The summed E-state index contributed by atoms with van der Waals surface area (Å²) in [6.07, 6.45) is -1.18. The molecule has 8 nitrogen and oxygen atoms in total. The first-order chi connectivity index (χ1) is 11.3. The van der Waals surface area contributed by atoms with Crippen LogP contribution in [0.3, 0.4) is 0 Å². The molecular weight excluding hydrogens is 314 g/mol. The lowest BCUT2D eigenvalue weighted by Crippen LogP contribution is -2.43. The van der Waals surface area contributed by atoms with Gasteiger partial charge in [0.25, 0.3) is 5.91 Å². The van der Waals surface area contributed by atoms with Gasteiger partial charge in [0.2, 0.25) is 0 Å². The molecule has 1 aromatic carbocycles. The zero-order valence-electron chi connectivity index (χ0n) is 14.3. The average Bonchev–Trinajstić information content (AvgIpc) is 2.55. The Labute approximate surface area is 140 Å². The molecule has 1 unspecified atom stereocenters. The van der Waals surface area contributed by atoms with E-state index in [9.17, 15) is 19.5 Å². The van der Waals surface area contributed by atoms with E-state index in [1.807, 2.05) is 24.1 Å². The molecule has 0 spiro atoms. The molecular formula is C16H23N3O5. The Balaban J connectivity index is 2.81. The van der Waals surface area contributed by atoms with Crippen LogP contribution in [0, 0.1) is 0 Å². The van der Waals surface area contributed by atoms with Gasteiger partial charge >= 0.3 is 12.0 Å². The molecule has 0 bridgehead atoms. The van der Waals surface area contributed by atoms with Crippen molar-refractivity contribution in [3.05, 3.63) is 23.8 Å². The van der Waals surface area contributed by atoms with Gasteiger partial charge in [0.05, 0.1) is 0 Å². The lowest BCUT2D eigenvalue weighted by molar-refractivity contribution is -0.127. The molecule has 132 valence electrons. The summed E-state index contributed by atoms with van der Waals surface area (Å²) in [5, 5.41) is 14.3. The molecule has 0 aliphatic heterocycles. The van der Waals surface area contributed by atoms with Crippen molar-refractivity contribution in [2.24, 2.45) is 0 Å². The Kier molecular flexibility index (Phi) is 7.03. The first kappa shape index (κ1) is 19.3. The van der Waals surface area contributed by atoms with Crippen molar-refractivity contribution >= 4 is 23.6 Å². The van der Waals surface area contributed by atoms with E-state index in [1.54, 1.807) is 6.07 Å². The number of aromatic hydroxyl groups is 1. The Bertz CT molecular complexity index is 614. The number of ether oxygens (including phenoxy) is 1. The van der Waals surface area contributed by atoms with Gasteiger partial charge in [-0.3, -0.25) is 10.1 Å². The second-order valence-electron chi connectivity index (χ2n) is 4.99. The van der Waals surface area contributed by atoms with Crippen molar-refractivity contribution in [1.82, 2.24) is 10.6 Å². The number of carbonyl (C=O) groups is 3. The highest BCUT2D eigenvalue weighted by Gasteiger charge is 2.22. The number of rotatable bonds is 6. The molecule has 0 fully saturated rings. The van der Waals surface area contributed by atoms with E-state index in [-0.39, 0.29) is 11.3 Å². The predicted octanol–water partition coefficient (Wildman–Crippen LogP) is 1.24. The van der Waals surface area contributed by atoms with Gasteiger partial charge in [-0.2, -0.15) is 0 Å². The smallest absolute Gasteiger partial charge is 0.342 e. The Morgan fingerprint density at radius 2 is 1.88 bits per heavy atom. The van der Waals surface area contributed by atoms with Crippen LogP contribution in [0.1, 0.15) is 31.1 Å². The number of urea groups is 1. The molecule has 3 amide bonds. The van der Waals surface area contributed by atoms with Gasteiger partial charge in [-0.05, 0) is 32.9 Å². The Morgan fingerprint density at radius 1 is 1.25 bits per heavy atom. The molecule has 0 aromatic heterocycles. The van der Waals surface area contributed by atoms with Gasteiger partial charge in [-0.25, -0.2) is 9.59 Å². The molecule has 3 N–H and O–H groups in total. The van der Waals surface area contributed by atoms with Crippen LogP contribution in [0.15, 0.2) is 18.2 Å². The zero-order valence-corrected chi connectivity index (χ0v) is 14.3. The van der Waals surface area contributed by atoms with Crippen LogP contribution in [0.2, 0.25) is 0 Å². The standard InChI is InChI=1S/C16H23N3O5/c1-5-19(6-2)11-7-8-12(13(20)9-11)15(22)24-10(3)14(21)18-16(23)17-4/h7-10,20H,5-6H2,1-4H3,(H2,17,18,21,23). The van der Waals surface area contributed by atoms with Crippen LogP contribution in [-0.2, 0) is 9.53 Å². The van der Waals surface area contributed by atoms with Crippen LogP contribution >= 0.6 is 0 Å². The van der Waals surface area contributed by atoms with Gasteiger partial charge in [0.15, 0.2) is 6.10 Å². The van der Waals surface area contributed by atoms with Crippen LogP contribution in [0.4, 0.5) is 10.5 Å². The number of carbonyl (C=O) groups excluding carboxylic acids is 3. The zero-order chi connectivity index (χ0) is 18.3. The SMILES string of the molecule is CCN(CC)c1ccc(C(=O)OC(C)C(=O)NC(=O)NC)c(O)c1. The Morgan fingerprint density at radius 3 is 2.38 bits per heavy atom. The number of benzene rings is 1. The highest BCUT2D eigenvalue weighted by molar-refractivity contribution is 5.99. The van der Waals surface area contributed by atoms with Gasteiger partial charge < -0.3 is 20.1 Å². The molecule has 0 saturated carbocycles. The van der Waals surface area contributed by atoms with Crippen molar-refractivity contribution in [1.29, 1.82) is 0 Å². The predicted molar refractivity (Wildman–Crippen MR) is 89.1 cm³/mol. The fraction of sp³-hybridized carbons (Fsp3) is 0.438. The van der Waals surface area contributed by atoms with Gasteiger partial charge in [-0.1, -0.05) is 0 Å². The molecule has 1 rings (SSSR count). The molecule has 0 heterocycles. The summed E-state index contributed by atoms with van der Waals surface area (Å²) in [7, 11) is 1.36. The fourth-order valence-corrected chi connectivity index (χ4v) is 2.03. The van der Waals surface area contributed by atoms with Crippen LogP contribution in [-0.4, -0.2) is 49.3 Å². The summed E-state index contributed by atoms with van der Waals surface area (Å²) >= 11 is 0. The number of hydrogen-bond donors (Lipinski definition) is 3. The fourth-order valence-electron chi connectivity index (χ4n) is 2.03. The third-order valence-corrected chi connectivity index (χ3v) is 3.45. The molecule has 24 heavy (non-hydrogen) atoms. The maximum absolute atomic E-state index is 12.1. The third kappa shape index (κ3) is 4.87. The van der Waals surface area contributed by atoms with Crippen LogP contribution < -0.4 is 15.5 Å². The van der Waals surface area contributed by atoms with E-state index in [1.165, 1.54) is 26.1 Å². The summed E-state index contributed by atoms with van der Waals surface area (Å²) in [6, 6.07) is 3.90. The van der Waals surface area contributed by atoms with Crippen molar-refractivity contribution in [2.75, 3.05) is 25.0 Å². The first-order valence-corrected chi connectivity index (χ1v) is 7.65. The van der Waals surface area contributed by atoms with Crippen molar-refractivity contribution in [3.63, 3.8) is 0 Å². The monoisotopic (exact) mass is 337 g/mol. The number of esters is 1. The maximum atomic E-state index is 12.1. The summed E-state index contributed by atoms with van der Waals surface area (Å²) in [6.45, 7) is 6.81. The van der Waals surface area contributed by atoms with Crippen molar-refractivity contribution in [2.45, 2.75) is 26.9 Å². The molecule has 0 aliphatic rings. The number of nitrogens with one attached hydrogen (secondary N) is 2. The molecule has 0 saturated heterocycles. The van der Waals surface area contributed by atoms with E-state index in [2.05, 4.69) is 5.32 Å². The number of anilines is 1. The largest absolute Gasteiger partial charge is 0.507 e. The number of hydrogen-bond acceptors (Lipinski definition) is 6. The van der Waals surface area contributed by atoms with Gasteiger partial charge in [0, 0.05) is 31.9 Å². The quantitative estimate of drug-likeness (QED) is 0.674. The highest BCUT2D eigenvalue weighted by atomic mass is 16.5. The normalized spacial score (nSPS) is 11.3. The third-order valence-electron chi connectivity index (χ3n) is 3.45.